The summed E-state index contributed by atoms with van der Waals surface area (Å²) in [6, 6.07) is 3.76. The van der Waals surface area contributed by atoms with Gasteiger partial charge in [-0.15, -0.1) is 0 Å². The van der Waals surface area contributed by atoms with E-state index in [2.05, 4.69) is 30.9 Å². The van der Waals surface area contributed by atoms with Crippen LogP contribution < -0.4 is 0 Å². The Bertz CT molecular complexity index is 471. The number of aromatic nitrogens is 1. The summed E-state index contributed by atoms with van der Waals surface area (Å²) >= 11 is 3.45. The molecule has 0 N–H and O–H groups in total. The van der Waals surface area contributed by atoms with E-state index in [1.54, 1.807) is 0 Å². The zero-order valence-corrected chi connectivity index (χ0v) is 10.6. The average molecular weight is 296 g/mol. The Morgan fingerprint density at radius 2 is 1.47 bits per heavy atom. The van der Waals surface area contributed by atoms with Crippen molar-refractivity contribution in [2.24, 2.45) is 9.98 Å². The minimum Gasteiger partial charge on any atom is -0.474 e. The van der Waals surface area contributed by atoms with Crippen LogP contribution in [0.3, 0.4) is 0 Å². The molecular weight excluding hydrogens is 286 g/mol. The van der Waals surface area contributed by atoms with E-state index in [4.69, 9.17) is 9.47 Å². The first kappa shape index (κ1) is 10.7. The lowest BCUT2D eigenvalue weighted by atomic mass is 10.3. The first-order valence-electron chi connectivity index (χ1n) is 5.36. The van der Waals surface area contributed by atoms with Gasteiger partial charge in [-0.05, 0) is 12.1 Å². The van der Waals surface area contributed by atoms with Crippen LogP contribution in [0.2, 0.25) is 0 Å². The third-order valence-corrected chi connectivity index (χ3v) is 2.86. The lowest BCUT2D eigenvalue weighted by Crippen LogP contribution is -2.10. The van der Waals surface area contributed by atoms with Crippen LogP contribution in [-0.4, -0.2) is 43.1 Å². The lowest BCUT2D eigenvalue weighted by molar-refractivity contribution is 0.345. The summed E-state index contributed by atoms with van der Waals surface area (Å²) in [7, 11) is 0. The predicted octanol–water partition coefficient (Wildman–Crippen LogP) is 1.40. The first-order chi connectivity index (χ1) is 8.33. The quantitative estimate of drug-likeness (QED) is 0.829. The number of hydrogen-bond acceptors (Lipinski definition) is 5. The van der Waals surface area contributed by atoms with Gasteiger partial charge in [0.25, 0.3) is 0 Å². The molecule has 2 aliphatic heterocycles. The predicted molar refractivity (Wildman–Crippen MR) is 66.6 cm³/mol. The Morgan fingerprint density at radius 3 is 1.88 bits per heavy atom. The second-order valence-corrected chi connectivity index (χ2v) is 4.54. The smallest absolute Gasteiger partial charge is 0.235 e. The van der Waals surface area contributed by atoms with Crippen LogP contribution in [0.5, 0.6) is 0 Å². The Kier molecular flexibility index (Phi) is 2.80. The van der Waals surface area contributed by atoms with Crippen molar-refractivity contribution in [1.29, 1.82) is 0 Å². The monoisotopic (exact) mass is 295 g/mol. The lowest BCUT2D eigenvalue weighted by Gasteiger charge is -2.05. The molecule has 0 aromatic carbocycles. The van der Waals surface area contributed by atoms with Gasteiger partial charge in [0.2, 0.25) is 11.8 Å². The van der Waals surface area contributed by atoms with Crippen molar-refractivity contribution in [3.05, 3.63) is 28.0 Å². The fourth-order valence-electron chi connectivity index (χ4n) is 1.70. The van der Waals surface area contributed by atoms with E-state index in [1.807, 2.05) is 12.1 Å². The van der Waals surface area contributed by atoms with Gasteiger partial charge in [0.1, 0.15) is 24.6 Å². The Labute approximate surface area is 107 Å². The molecule has 0 amide bonds. The molecule has 0 saturated carbocycles. The van der Waals surface area contributed by atoms with Crippen molar-refractivity contribution in [3.63, 3.8) is 0 Å². The number of rotatable bonds is 2. The van der Waals surface area contributed by atoms with E-state index in [0.717, 1.165) is 4.47 Å². The van der Waals surface area contributed by atoms with Gasteiger partial charge >= 0.3 is 0 Å². The molecule has 0 bridgehead atoms. The highest BCUT2D eigenvalue weighted by molar-refractivity contribution is 9.10. The van der Waals surface area contributed by atoms with Gasteiger partial charge in [0, 0.05) is 4.47 Å². The second-order valence-electron chi connectivity index (χ2n) is 3.63. The van der Waals surface area contributed by atoms with Crippen LogP contribution in [0.15, 0.2) is 26.6 Å². The summed E-state index contributed by atoms with van der Waals surface area (Å²) in [5.74, 6) is 1.18. The number of ether oxygens (including phenoxy) is 2. The maximum absolute atomic E-state index is 5.40. The zero-order valence-electron chi connectivity index (χ0n) is 9.02. The van der Waals surface area contributed by atoms with E-state index in [-0.39, 0.29) is 0 Å². The molecule has 17 heavy (non-hydrogen) atoms. The van der Waals surface area contributed by atoms with Crippen molar-refractivity contribution in [1.82, 2.24) is 4.98 Å². The maximum atomic E-state index is 5.40. The fraction of sp³-hybridized carbons (Fsp3) is 0.364. The molecule has 0 unspecified atom stereocenters. The molecule has 0 aliphatic carbocycles. The van der Waals surface area contributed by atoms with Gasteiger partial charge in [-0.1, -0.05) is 15.9 Å². The first-order valence-corrected chi connectivity index (χ1v) is 6.15. The average Bonchev–Trinajstić information content (AvgIpc) is 3.02. The van der Waals surface area contributed by atoms with E-state index < -0.39 is 0 Å². The molecule has 0 atom stereocenters. The standard InChI is InChI=1S/C11H10BrN3O2/c12-7-5-8(10-13-1-3-16-10)15-9(6-7)11-14-2-4-17-11/h5-6H,1-4H2. The molecule has 3 rings (SSSR count). The summed E-state index contributed by atoms with van der Waals surface area (Å²) in [4.78, 5) is 12.9. The van der Waals surface area contributed by atoms with Crippen molar-refractivity contribution >= 4 is 27.7 Å². The number of hydrogen-bond donors (Lipinski definition) is 0. The molecule has 1 aromatic rings. The summed E-state index contributed by atoms with van der Waals surface area (Å²) in [6.07, 6.45) is 0. The molecule has 0 saturated heterocycles. The molecule has 0 spiro atoms. The van der Waals surface area contributed by atoms with Crippen LogP contribution in [-0.2, 0) is 9.47 Å². The van der Waals surface area contributed by atoms with Gasteiger partial charge in [-0.2, -0.15) is 0 Å². The van der Waals surface area contributed by atoms with E-state index in [1.165, 1.54) is 0 Å². The number of pyridine rings is 1. The van der Waals surface area contributed by atoms with Crippen molar-refractivity contribution < 1.29 is 9.47 Å². The number of nitrogens with zero attached hydrogens (tertiary/aromatic N) is 3. The van der Waals surface area contributed by atoms with E-state index >= 15 is 0 Å². The second kappa shape index (κ2) is 4.44. The maximum Gasteiger partial charge on any atom is 0.235 e. The summed E-state index contributed by atoms with van der Waals surface area (Å²) in [5, 5.41) is 0. The molecule has 1 aromatic heterocycles. The topological polar surface area (TPSA) is 56.1 Å². The van der Waals surface area contributed by atoms with Crippen LogP contribution >= 0.6 is 15.9 Å². The van der Waals surface area contributed by atoms with Gasteiger partial charge in [0.05, 0.1) is 13.1 Å². The third-order valence-electron chi connectivity index (χ3n) is 2.40. The highest BCUT2D eigenvalue weighted by Crippen LogP contribution is 2.17. The van der Waals surface area contributed by atoms with E-state index in [9.17, 15) is 0 Å². The minimum atomic E-state index is 0.589. The highest BCUT2D eigenvalue weighted by atomic mass is 79.9. The zero-order chi connectivity index (χ0) is 11.7. The highest BCUT2D eigenvalue weighted by Gasteiger charge is 2.17. The molecular formula is C11H10BrN3O2. The molecule has 0 fully saturated rings. The number of halogens is 1. The number of aliphatic imine (C=N–C) groups is 2. The Hall–Kier alpha value is -1.43. The third kappa shape index (κ3) is 2.17. The van der Waals surface area contributed by atoms with Crippen LogP contribution in [0, 0.1) is 0 Å². The molecule has 6 heteroatoms. The van der Waals surface area contributed by atoms with Crippen LogP contribution in [0.1, 0.15) is 11.4 Å². The SMILES string of the molecule is Brc1cc(C2=NCCO2)nc(C2=NCCO2)c1. The normalized spacial score (nSPS) is 18.4. The molecule has 2 aliphatic rings. The van der Waals surface area contributed by atoms with Gasteiger partial charge in [0.15, 0.2) is 0 Å². The van der Waals surface area contributed by atoms with Crippen molar-refractivity contribution in [2.45, 2.75) is 0 Å². The Morgan fingerprint density at radius 1 is 0.941 bits per heavy atom. The minimum absolute atomic E-state index is 0.589. The van der Waals surface area contributed by atoms with E-state index in [0.29, 0.717) is 49.5 Å². The summed E-state index contributed by atoms with van der Waals surface area (Å²) < 4.78 is 11.7. The van der Waals surface area contributed by atoms with Gasteiger partial charge < -0.3 is 9.47 Å². The van der Waals surface area contributed by atoms with Gasteiger partial charge in [-0.25, -0.2) is 15.0 Å². The van der Waals surface area contributed by atoms with Crippen LogP contribution in [0.25, 0.3) is 0 Å². The molecule has 5 nitrogen and oxygen atoms in total. The summed E-state index contributed by atoms with van der Waals surface area (Å²) in [6.45, 7) is 2.62. The van der Waals surface area contributed by atoms with Crippen molar-refractivity contribution in [3.8, 4) is 0 Å². The van der Waals surface area contributed by atoms with Gasteiger partial charge in [-0.3, -0.25) is 0 Å². The molecule has 0 radical (unpaired) electrons. The summed E-state index contributed by atoms with van der Waals surface area (Å²) in [5.41, 5.74) is 1.43. The largest absolute Gasteiger partial charge is 0.474 e. The molecule has 88 valence electrons. The van der Waals surface area contributed by atoms with Crippen LogP contribution in [0.4, 0.5) is 0 Å². The van der Waals surface area contributed by atoms with Crippen molar-refractivity contribution in [2.75, 3.05) is 26.3 Å². The fourth-order valence-corrected chi connectivity index (χ4v) is 2.13. The Balaban J connectivity index is 1.99. The molecule has 3 heterocycles.